The topological polar surface area (TPSA) is 173 Å². The van der Waals surface area contributed by atoms with E-state index < -0.39 is 65.8 Å². The first-order chi connectivity index (χ1) is 27.7. The van der Waals surface area contributed by atoms with Crippen molar-refractivity contribution in [3.8, 4) is 0 Å². The smallest absolute Gasteiger partial charge is 0.463 e. The molecule has 0 aliphatic rings. The second kappa shape index (κ2) is 59.4. The lowest BCUT2D eigenvalue weighted by atomic mass is 9.95. The number of hydrogen-bond donors (Lipinski definition) is 2. The summed E-state index contributed by atoms with van der Waals surface area (Å²) >= 11 is 0. The number of quaternary nitrogens is 2. The summed E-state index contributed by atoms with van der Waals surface area (Å²) in [6.45, 7) is 7.96. The fraction of sp³-hybridized carbons (Fsp3) is 0.902. The lowest BCUT2D eigenvalue weighted by Crippen LogP contribution is -2.37. The molecule has 2 N–H and O–H groups in total. The Morgan fingerprint density at radius 3 is 1.19 bits per heavy atom. The quantitative estimate of drug-likeness (QED) is 0.0247. The molecule has 0 fully saturated rings. The number of esters is 2. The van der Waals surface area contributed by atoms with Gasteiger partial charge in [0.25, 0.3) is 0 Å². The Kier molecular flexibility index (Phi) is 90.1. The highest BCUT2D eigenvalue weighted by Crippen LogP contribution is 2.43. The molecule has 0 saturated heterocycles. The van der Waals surface area contributed by atoms with Crippen LogP contribution in [0.5, 0.6) is 0 Å². The van der Waals surface area contributed by atoms with Crippen LogP contribution in [0.25, 0.3) is 0 Å². The van der Waals surface area contributed by atoms with Crippen LogP contribution in [-0.2, 0) is 51.0 Å². The SMILES string of the molecule is C.C.C.C.C.C.C.C=C(C)C(=O)OCCOP(=O)(O)OCC[N+](C)(C)C.CC.CC(C)(COC(F)CF)C(=O)OCCOP(=O)(O)OCC[N+](C)(C)C.CCCF.CF.FCC(F)(F)F.FCF.[2HH]. The summed E-state index contributed by atoms with van der Waals surface area (Å²) in [5, 5.41) is 0. The standard InChI is InChI=1S/C14H28F2NO7P.C11H22NO6P.C3H7F.C2H2F4.C2H6.CH2F2.CH3F.7CH4.H2/c1-14(2,11-22-12(16)10-15)13(18)21-8-9-24-25(19,20)23-7-6-17(3,4)5;1-10(2)11(13)16-8-9-18-19(14,15)17-7-6-12(3,4)5;1-2-3-4;3-1-2(4,5)6;1-2;2-1-3;1-2;;;;;;;;/h12H,6-11H2,1-5H3;1,6-9H2,2-5H3;2-3H2,1H3;1H2;1-2H3;1H2;1H3;7*1H4;1H/p+2/i;;;;;;;;;;;;;;1+1. The summed E-state index contributed by atoms with van der Waals surface area (Å²) in [6.07, 6.45) is -6.07. The van der Waals surface area contributed by atoms with E-state index in [1.165, 1.54) is 20.8 Å². The molecule has 0 aromatic carbocycles. The van der Waals surface area contributed by atoms with Crippen molar-refractivity contribution in [2.45, 2.75) is 112 Å². The highest BCUT2D eigenvalue weighted by atomic mass is 31.2. The third-order valence-electron chi connectivity index (χ3n) is 5.16. The van der Waals surface area contributed by atoms with Crippen molar-refractivity contribution in [3.05, 3.63) is 12.2 Å². The Hall–Kier alpha value is -1.92. The fourth-order valence-electron chi connectivity index (χ4n) is 2.23. The Morgan fingerprint density at radius 2 is 0.956 bits per heavy atom. The van der Waals surface area contributed by atoms with E-state index in [0.29, 0.717) is 35.7 Å². The fourth-order valence-corrected chi connectivity index (χ4v) is 3.61. The highest BCUT2D eigenvalue weighted by Gasteiger charge is 2.32. The van der Waals surface area contributed by atoms with E-state index in [-0.39, 0.29) is 112 Å². The normalized spacial score (nSPS) is 12.1. The van der Waals surface area contributed by atoms with Gasteiger partial charge in [0.2, 0.25) is 13.3 Å². The first kappa shape index (κ1) is 103. The minimum atomic E-state index is -4.62. The van der Waals surface area contributed by atoms with Crippen molar-refractivity contribution in [1.29, 1.82) is 0 Å². The van der Waals surface area contributed by atoms with Crippen LogP contribution in [0.4, 0.5) is 43.9 Å². The molecule has 0 aromatic heterocycles. The zero-order valence-electron chi connectivity index (χ0n) is 37.6. The summed E-state index contributed by atoms with van der Waals surface area (Å²) in [6, 6.07) is 0. The summed E-state index contributed by atoms with van der Waals surface area (Å²) in [7, 11) is 3.69. The average molecular weight is 1080 g/mol. The van der Waals surface area contributed by atoms with Crippen molar-refractivity contribution < 1.29 is 115 Å². The van der Waals surface area contributed by atoms with Crippen LogP contribution in [0, 0.1) is 5.41 Å². The Bertz CT molecular complexity index is 1160. The van der Waals surface area contributed by atoms with Crippen molar-refractivity contribution in [3.63, 3.8) is 0 Å². The molecule has 15 nitrogen and oxygen atoms in total. The largest absolute Gasteiger partial charge is 0.472 e. The van der Waals surface area contributed by atoms with Crippen LogP contribution in [0.1, 0.15) is 101 Å². The molecular formula is C41H102F10N2O13P2+2. The first-order valence-electron chi connectivity index (χ1n) is 18.1. The lowest BCUT2D eigenvalue weighted by Gasteiger charge is -2.24. The van der Waals surface area contributed by atoms with E-state index in [4.69, 9.17) is 18.5 Å². The summed E-state index contributed by atoms with van der Waals surface area (Å²) in [5.74, 6) is -1.30. The molecule has 432 valence electrons. The van der Waals surface area contributed by atoms with Gasteiger partial charge in [0.1, 0.15) is 46.2 Å². The number of ether oxygens (including phenoxy) is 3. The monoisotopic (exact) mass is 1080 g/mol. The molecule has 0 aliphatic heterocycles. The van der Waals surface area contributed by atoms with Gasteiger partial charge in [-0.25, -0.2) is 35.9 Å². The molecule has 0 radical (unpaired) electrons. The lowest BCUT2D eigenvalue weighted by molar-refractivity contribution is -0.870. The number of phosphoric acid groups is 2. The van der Waals surface area contributed by atoms with Gasteiger partial charge in [-0.2, -0.15) is 13.2 Å². The zero-order chi connectivity index (χ0) is 50.2. The molecule has 0 saturated carbocycles. The molecule has 0 amide bonds. The molecule has 0 bridgehead atoms. The van der Waals surface area contributed by atoms with E-state index in [0.717, 1.165) is 0 Å². The van der Waals surface area contributed by atoms with Gasteiger partial charge in [-0.15, -0.1) is 0 Å². The molecule has 3 atom stereocenters. The van der Waals surface area contributed by atoms with Crippen molar-refractivity contribution in [2.24, 2.45) is 5.41 Å². The molecule has 0 heterocycles. The molecule has 0 rings (SSSR count). The first-order valence-corrected chi connectivity index (χ1v) is 21.1. The summed E-state index contributed by atoms with van der Waals surface area (Å²) in [5.41, 5.74) is -0.949. The maximum Gasteiger partial charge on any atom is 0.472 e. The molecule has 3 unspecified atom stereocenters. The van der Waals surface area contributed by atoms with E-state index in [2.05, 4.69) is 20.4 Å². The minimum Gasteiger partial charge on any atom is -0.463 e. The number of alkyl halides is 10. The number of halogens is 10. The van der Waals surface area contributed by atoms with Crippen LogP contribution in [-0.4, -0.2) is 179 Å². The molecule has 0 aromatic rings. The van der Waals surface area contributed by atoms with Crippen molar-refractivity contribution >= 4 is 27.6 Å². The van der Waals surface area contributed by atoms with E-state index in [9.17, 15) is 72.4 Å². The number of carbonyl (C=O) groups excluding carboxylic acids is 2. The van der Waals surface area contributed by atoms with Crippen molar-refractivity contribution in [1.82, 2.24) is 0 Å². The molecule has 27 heteroatoms. The Balaban J connectivity index is -0.0000000453. The van der Waals surface area contributed by atoms with Gasteiger partial charge in [-0.1, -0.05) is 79.3 Å². The Labute approximate surface area is 408 Å². The molecular weight excluding hydrogens is 980 g/mol. The highest BCUT2D eigenvalue weighted by molar-refractivity contribution is 7.47. The minimum absolute atomic E-state index is 0. The van der Waals surface area contributed by atoms with Gasteiger partial charge in [-0.3, -0.25) is 31.7 Å². The number of hydrogen-bond acceptors (Lipinski definition) is 11. The van der Waals surface area contributed by atoms with Gasteiger partial charge < -0.3 is 33.0 Å². The van der Waals surface area contributed by atoms with Gasteiger partial charge in [-0.05, 0) is 27.2 Å². The van der Waals surface area contributed by atoms with E-state index in [1.807, 2.05) is 56.1 Å². The zero-order valence-corrected chi connectivity index (χ0v) is 39.4. The van der Waals surface area contributed by atoms with Crippen LogP contribution >= 0.6 is 15.6 Å². The number of carbonyl (C=O) groups is 2. The average Bonchev–Trinajstić information content (AvgIpc) is 3.15. The summed E-state index contributed by atoms with van der Waals surface area (Å²) in [4.78, 5) is 41.6. The van der Waals surface area contributed by atoms with Gasteiger partial charge in [0.15, 0.2) is 6.67 Å². The third-order valence-corrected chi connectivity index (χ3v) is 7.20. The predicted molar refractivity (Wildman–Crippen MR) is 260 cm³/mol. The van der Waals surface area contributed by atoms with E-state index >= 15 is 0 Å². The number of likely N-dealkylation sites (N-methyl/N-ethyl adjacent to an activating group) is 2. The Morgan fingerprint density at radius 1 is 0.676 bits per heavy atom. The molecule has 68 heavy (non-hydrogen) atoms. The maximum atomic E-state index is 12.7. The second-order valence-corrected chi connectivity index (χ2v) is 16.6. The third kappa shape index (κ3) is 94.0. The number of rotatable bonds is 23. The molecule has 0 aliphatic carbocycles. The van der Waals surface area contributed by atoms with Gasteiger partial charge in [0, 0.05) is 7.00 Å². The van der Waals surface area contributed by atoms with Crippen molar-refractivity contribution in [2.75, 3.05) is 136 Å². The predicted octanol–water partition coefficient (Wildman–Crippen LogP) is 12.7. The van der Waals surface area contributed by atoms with Crippen LogP contribution in [0.3, 0.4) is 0 Å². The number of phosphoric ester groups is 2. The maximum absolute atomic E-state index is 12.7. The van der Waals surface area contributed by atoms with Crippen LogP contribution < -0.4 is 0 Å². The van der Waals surface area contributed by atoms with E-state index in [1.54, 1.807) is 6.92 Å². The van der Waals surface area contributed by atoms with Crippen LogP contribution in [0.15, 0.2) is 12.2 Å². The van der Waals surface area contributed by atoms with Gasteiger partial charge in [0.05, 0.1) is 81.4 Å². The van der Waals surface area contributed by atoms with Crippen LogP contribution in [0.2, 0.25) is 0 Å². The second-order valence-electron chi connectivity index (χ2n) is 13.6. The molecule has 0 spiro atoms. The summed E-state index contributed by atoms with van der Waals surface area (Å²) < 4.78 is 163. The number of nitrogens with zero attached hydrogens (tertiary/aromatic N) is 2. The van der Waals surface area contributed by atoms with Gasteiger partial charge >= 0.3 is 33.8 Å².